The van der Waals surface area contributed by atoms with Gasteiger partial charge < -0.3 is 15.2 Å². The van der Waals surface area contributed by atoms with Crippen LogP contribution in [0.3, 0.4) is 0 Å². The molecule has 0 radical (unpaired) electrons. The number of aliphatic hydroxyl groups is 1. The van der Waals surface area contributed by atoms with Crippen LogP contribution < -0.4 is 5.32 Å². The van der Waals surface area contributed by atoms with Crippen LogP contribution in [0.1, 0.15) is 0 Å². The monoisotopic (exact) mass is 337 g/mol. The van der Waals surface area contributed by atoms with E-state index in [-0.39, 0.29) is 29.6 Å². The lowest BCUT2D eigenvalue weighted by Gasteiger charge is -2.12. The standard InChI is InChI=1S/C12H19NO6S2/c1-20(15,16)10-3-4-11(12(9-10)21(2,17)18)13-5-7-19-8-6-14/h3-4,9,13-14H,5-8H2,1-2H3. The molecule has 0 aromatic heterocycles. The summed E-state index contributed by atoms with van der Waals surface area (Å²) in [5, 5.41) is 11.4. The maximum atomic E-state index is 11.8. The Morgan fingerprint density at radius 1 is 1.10 bits per heavy atom. The first-order chi connectivity index (χ1) is 9.66. The van der Waals surface area contributed by atoms with Gasteiger partial charge in [-0.1, -0.05) is 0 Å². The van der Waals surface area contributed by atoms with Crippen molar-refractivity contribution in [2.45, 2.75) is 9.79 Å². The number of hydrogen-bond donors (Lipinski definition) is 2. The first kappa shape index (κ1) is 17.9. The normalized spacial score (nSPS) is 12.3. The predicted octanol–water partition coefficient (Wildman–Crippen LogP) is -0.0856. The summed E-state index contributed by atoms with van der Waals surface area (Å²) < 4.78 is 51.6. The number of aliphatic hydroxyl groups excluding tert-OH is 1. The van der Waals surface area contributed by atoms with E-state index in [1.807, 2.05) is 0 Å². The second-order valence-corrected chi connectivity index (χ2v) is 8.46. The third-order valence-electron chi connectivity index (χ3n) is 2.58. The highest BCUT2D eigenvalue weighted by Gasteiger charge is 2.17. The SMILES string of the molecule is CS(=O)(=O)c1ccc(NCCOCCO)c(S(C)(=O)=O)c1. The molecule has 2 N–H and O–H groups in total. The van der Waals surface area contributed by atoms with Gasteiger partial charge in [0.05, 0.1) is 35.3 Å². The van der Waals surface area contributed by atoms with Gasteiger partial charge in [-0.25, -0.2) is 16.8 Å². The molecule has 9 heteroatoms. The molecule has 0 atom stereocenters. The molecular weight excluding hydrogens is 318 g/mol. The summed E-state index contributed by atoms with van der Waals surface area (Å²) in [6, 6.07) is 3.90. The Balaban J connectivity index is 2.99. The molecule has 0 bridgehead atoms. The fourth-order valence-corrected chi connectivity index (χ4v) is 3.21. The zero-order valence-electron chi connectivity index (χ0n) is 11.9. The zero-order valence-corrected chi connectivity index (χ0v) is 13.5. The van der Waals surface area contributed by atoms with Gasteiger partial charge in [0.15, 0.2) is 19.7 Å². The molecule has 0 saturated heterocycles. The topological polar surface area (TPSA) is 110 Å². The van der Waals surface area contributed by atoms with Gasteiger partial charge in [-0.2, -0.15) is 0 Å². The van der Waals surface area contributed by atoms with Crippen molar-refractivity contribution >= 4 is 25.4 Å². The van der Waals surface area contributed by atoms with Crippen molar-refractivity contribution in [2.24, 2.45) is 0 Å². The third-order valence-corrected chi connectivity index (χ3v) is 4.83. The maximum absolute atomic E-state index is 11.8. The number of nitrogens with one attached hydrogen (secondary N) is 1. The molecule has 0 aliphatic rings. The average molecular weight is 337 g/mol. The Bertz CT molecular complexity index is 682. The van der Waals surface area contributed by atoms with Crippen molar-refractivity contribution in [2.75, 3.05) is 44.2 Å². The molecule has 0 heterocycles. The second kappa shape index (κ2) is 7.21. The molecule has 21 heavy (non-hydrogen) atoms. The third kappa shape index (κ3) is 5.62. The molecular formula is C12H19NO6S2. The molecule has 0 aliphatic carbocycles. The molecule has 7 nitrogen and oxygen atoms in total. The Hall–Kier alpha value is -1.16. The molecule has 1 aromatic rings. The van der Waals surface area contributed by atoms with E-state index in [2.05, 4.69) is 5.32 Å². The van der Waals surface area contributed by atoms with Gasteiger partial charge in [-0.3, -0.25) is 0 Å². The van der Waals surface area contributed by atoms with E-state index < -0.39 is 19.7 Å². The fourth-order valence-electron chi connectivity index (χ4n) is 1.61. The van der Waals surface area contributed by atoms with Crippen LogP contribution >= 0.6 is 0 Å². The van der Waals surface area contributed by atoms with Crippen LogP contribution in [0.5, 0.6) is 0 Å². The lowest BCUT2D eigenvalue weighted by molar-refractivity contribution is 0.0992. The summed E-state index contributed by atoms with van der Waals surface area (Å²) in [7, 11) is -7.05. The van der Waals surface area contributed by atoms with E-state index >= 15 is 0 Å². The molecule has 0 spiro atoms. The summed E-state index contributed by atoms with van der Waals surface area (Å²) in [5.74, 6) is 0. The van der Waals surface area contributed by atoms with Gasteiger partial charge in [0.2, 0.25) is 0 Å². The van der Waals surface area contributed by atoms with Crippen molar-refractivity contribution in [3.63, 3.8) is 0 Å². The first-order valence-electron chi connectivity index (χ1n) is 6.13. The van der Waals surface area contributed by atoms with Gasteiger partial charge >= 0.3 is 0 Å². The molecule has 120 valence electrons. The zero-order chi connectivity index (χ0) is 16.1. The minimum atomic E-state index is -3.57. The first-order valence-corrected chi connectivity index (χ1v) is 9.91. The summed E-state index contributed by atoms with van der Waals surface area (Å²) >= 11 is 0. The Morgan fingerprint density at radius 3 is 2.29 bits per heavy atom. The Kier molecular flexibility index (Phi) is 6.14. The van der Waals surface area contributed by atoms with Crippen molar-refractivity contribution in [3.05, 3.63) is 18.2 Å². The fraction of sp³-hybridized carbons (Fsp3) is 0.500. The molecule has 1 rings (SSSR count). The van der Waals surface area contributed by atoms with Gasteiger partial charge in [-0.15, -0.1) is 0 Å². The highest BCUT2D eigenvalue weighted by atomic mass is 32.2. The minimum absolute atomic E-state index is 0.0509. The molecule has 1 aromatic carbocycles. The highest BCUT2D eigenvalue weighted by Crippen LogP contribution is 2.24. The molecule has 0 saturated carbocycles. The van der Waals surface area contributed by atoms with E-state index in [1.54, 1.807) is 0 Å². The van der Waals surface area contributed by atoms with Crippen LogP contribution in [0.15, 0.2) is 28.0 Å². The van der Waals surface area contributed by atoms with Gasteiger partial charge in [0, 0.05) is 19.1 Å². The summed E-state index contributed by atoms with van der Waals surface area (Å²) in [6.45, 7) is 0.740. The van der Waals surface area contributed by atoms with Crippen LogP contribution in [0, 0.1) is 0 Å². The van der Waals surface area contributed by atoms with E-state index in [1.165, 1.54) is 12.1 Å². The number of hydrogen-bond acceptors (Lipinski definition) is 7. The van der Waals surface area contributed by atoms with Crippen LogP contribution in [-0.4, -0.2) is 60.8 Å². The summed E-state index contributed by atoms with van der Waals surface area (Å²) in [4.78, 5) is -0.127. The number of rotatable bonds is 8. The van der Waals surface area contributed by atoms with Gasteiger partial charge in [-0.05, 0) is 18.2 Å². The largest absolute Gasteiger partial charge is 0.394 e. The lowest BCUT2D eigenvalue weighted by atomic mass is 10.3. The van der Waals surface area contributed by atoms with Gasteiger partial charge in [0.25, 0.3) is 0 Å². The maximum Gasteiger partial charge on any atom is 0.177 e. The summed E-state index contributed by atoms with van der Waals surface area (Å²) in [5.41, 5.74) is 0.317. The van der Waals surface area contributed by atoms with Crippen LogP contribution in [0.4, 0.5) is 5.69 Å². The van der Waals surface area contributed by atoms with Crippen LogP contribution in [0.25, 0.3) is 0 Å². The van der Waals surface area contributed by atoms with E-state index in [9.17, 15) is 16.8 Å². The Morgan fingerprint density at radius 2 is 1.76 bits per heavy atom. The molecule has 0 unspecified atom stereocenters. The number of benzene rings is 1. The van der Waals surface area contributed by atoms with E-state index in [4.69, 9.17) is 9.84 Å². The smallest absolute Gasteiger partial charge is 0.177 e. The quantitative estimate of drug-likeness (QED) is 0.638. The number of ether oxygens (including phenoxy) is 1. The van der Waals surface area contributed by atoms with Crippen molar-refractivity contribution < 1.29 is 26.7 Å². The Labute approximate surface area is 124 Å². The second-order valence-electron chi connectivity index (χ2n) is 4.47. The van der Waals surface area contributed by atoms with Crippen molar-refractivity contribution in [1.82, 2.24) is 0 Å². The highest BCUT2D eigenvalue weighted by molar-refractivity contribution is 7.91. The average Bonchev–Trinajstić information content (AvgIpc) is 2.36. The minimum Gasteiger partial charge on any atom is -0.394 e. The molecule has 0 amide bonds. The van der Waals surface area contributed by atoms with Gasteiger partial charge in [0.1, 0.15) is 0 Å². The van der Waals surface area contributed by atoms with Crippen LogP contribution in [-0.2, 0) is 24.4 Å². The number of anilines is 1. The summed E-state index contributed by atoms with van der Waals surface area (Å²) in [6.07, 6.45) is 2.03. The lowest BCUT2D eigenvalue weighted by Crippen LogP contribution is -2.14. The van der Waals surface area contributed by atoms with Crippen LogP contribution in [0.2, 0.25) is 0 Å². The number of sulfone groups is 2. The van der Waals surface area contributed by atoms with E-state index in [0.717, 1.165) is 18.6 Å². The molecule has 0 fully saturated rings. The van der Waals surface area contributed by atoms with E-state index in [0.29, 0.717) is 12.2 Å². The van der Waals surface area contributed by atoms with Crippen molar-refractivity contribution in [1.29, 1.82) is 0 Å². The van der Waals surface area contributed by atoms with Crippen molar-refractivity contribution in [3.8, 4) is 0 Å². The molecule has 0 aliphatic heterocycles. The predicted molar refractivity (Wildman–Crippen MR) is 79.1 cm³/mol.